The molecule has 7 heteroatoms. The third kappa shape index (κ3) is 6.52. The van der Waals surface area contributed by atoms with Crippen molar-refractivity contribution in [2.75, 3.05) is 20.6 Å². The maximum atomic E-state index is 13.3. The Balaban J connectivity index is 1.97. The molecular formula is C29H33ClN2O4. The highest BCUT2D eigenvalue weighted by atomic mass is 35.5. The molecule has 3 aromatic rings. The molecule has 3 rings (SSSR count). The summed E-state index contributed by atoms with van der Waals surface area (Å²) < 4.78 is 11.8. The highest BCUT2D eigenvalue weighted by molar-refractivity contribution is 6.32. The van der Waals surface area contributed by atoms with E-state index >= 15 is 0 Å². The molecule has 0 aromatic heterocycles. The molecule has 0 saturated heterocycles. The molecule has 0 aliphatic carbocycles. The highest BCUT2D eigenvalue weighted by Crippen LogP contribution is 2.35. The van der Waals surface area contributed by atoms with Crippen molar-refractivity contribution in [2.45, 2.75) is 39.5 Å². The number of Topliss-reactive ketones (excluding diaryl/α,β-unsaturated/α-hetero) is 1. The molecule has 190 valence electrons. The second kappa shape index (κ2) is 12.2. The third-order valence-electron chi connectivity index (χ3n) is 6.31. The van der Waals surface area contributed by atoms with E-state index < -0.39 is 11.5 Å². The van der Waals surface area contributed by atoms with Gasteiger partial charge in [0, 0.05) is 11.6 Å². The van der Waals surface area contributed by atoms with Gasteiger partial charge in [0.05, 0.1) is 12.1 Å². The van der Waals surface area contributed by atoms with Gasteiger partial charge < -0.3 is 14.8 Å². The van der Waals surface area contributed by atoms with Crippen LogP contribution < -0.4 is 14.8 Å². The molecule has 0 unspecified atom stereocenters. The summed E-state index contributed by atoms with van der Waals surface area (Å²) in [5.74, 6) is 0.321. The van der Waals surface area contributed by atoms with Crippen LogP contribution in [0.15, 0.2) is 66.7 Å². The van der Waals surface area contributed by atoms with Crippen LogP contribution in [0.2, 0.25) is 5.02 Å². The number of rotatable bonds is 11. The number of esters is 1. The standard InChI is InChI=1S/C29H33ClN2O4/c1-20-26(28(34)36-23-14-10-7-11-15-23)24(35-19-21-12-8-6-9-13-21)16-22(27(20)30)18-32(5)29(2,3)25(33)17-31-4/h6-16,31H,17-19H2,1-5H3. The molecule has 0 bridgehead atoms. The first kappa shape index (κ1) is 27.4. The number of benzene rings is 3. The fourth-order valence-corrected chi connectivity index (χ4v) is 3.95. The average molecular weight is 509 g/mol. The van der Waals surface area contributed by atoms with Gasteiger partial charge in [-0.1, -0.05) is 60.1 Å². The molecule has 36 heavy (non-hydrogen) atoms. The molecule has 6 nitrogen and oxygen atoms in total. The van der Waals surface area contributed by atoms with Gasteiger partial charge in [0.25, 0.3) is 0 Å². The van der Waals surface area contributed by atoms with Gasteiger partial charge in [-0.2, -0.15) is 0 Å². The number of halogens is 1. The lowest BCUT2D eigenvalue weighted by Crippen LogP contribution is -2.50. The number of nitrogens with zero attached hydrogens (tertiary/aromatic N) is 1. The van der Waals surface area contributed by atoms with Crippen molar-refractivity contribution in [1.29, 1.82) is 0 Å². The Morgan fingerprint density at radius 2 is 1.64 bits per heavy atom. The molecule has 0 atom stereocenters. The first-order valence-electron chi connectivity index (χ1n) is 11.8. The lowest BCUT2D eigenvalue weighted by molar-refractivity contribution is -0.128. The van der Waals surface area contributed by atoms with Crippen molar-refractivity contribution in [3.05, 3.63) is 94.0 Å². The minimum atomic E-state index is -0.726. The van der Waals surface area contributed by atoms with Crippen LogP contribution in [0.3, 0.4) is 0 Å². The first-order chi connectivity index (χ1) is 17.1. The molecule has 0 radical (unpaired) electrons. The molecular weight excluding hydrogens is 476 g/mol. The Hall–Kier alpha value is -3.19. The Morgan fingerprint density at radius 3 is 2.25 bits per heavy atom. The first-order valence-corrected chi connectivity index (χ1v) is 12.2. The Morgan fingerprint density at radius 1 is 1.03 bits per heavy atom. The summed E-state index contributed by atoms with van der Waals surface area (Å²) in [5.41, 5.74) is 1.82. The largest absolute Gasteiger partial charge is 0.488 e. The van der Waals surface area contributed by atoms with Crippen molar-refractivity contribution in [3.8, 4) is 11.5 Å². The summed E-state index contributed by atoms with van der Waals surface area (Å²) >= 11 is 6.78. The maximum Gasteiger partial charge on any atom is 0.347 e. The summed E-state index contributed by atoms with van der Waals surface area (Å²) in [7, 11) is 3.62. The minimum absolute atomic E-state index is 0.0592. The van der Waals surface area contributed by atoms with Gasteiger partial charge in [0.15, 0.2) is 5.78 Å². The van der Waals surface area contributed by atoms with Crippen molar-refractivity contribution < 1.29 is 19.1 Å². The number of ketones is 1. The van der Waals surface area contributed by atoms with Crippen molar-refractivity contribution in [1.82, 2.24) is 10.2 Å². The number of likely N-dealkylation sites (N-methyl/N-ethyl adjacent to an activating group) is 2. The van der Waals surface area contributed by atoms with Gasteiger partial charge in [-0.05, 0) is 69.8 Å². The smallest absolute Gasteiger partial charge is 0.347 e. The Kier molecular flexibility index (Phi) is 9.26. The van der Waals surface area contributed by atoms with E-state index in [0.717, 1.165) is 11.1 Å². The van der Waals surface area contributed by atoms with Gasteiger partial charge in [-0.15, -0.1) is 0 Å². The van der Waals surface area contributed by atoms with Gasteiger partial charge in [0.2, 0.25) is 0 Å². The van der Waals surface area contributed by atoms with E-state index in [1.807, 2.05) is 62.2 Å². The lowest BCUT2D eigenvalue weighted by atomic mass is 9.95. The number of carbonyl (C=O) groups is 2. The fraction of sp³-hybridized carbons (Fsp3) is 0.310. The zero-order chi connectivity index (χ0) is 26.3. The van der Waals surface area contributed by atoms with E-state index in [0.29, 0.717) is 28.6 Å². The van der Waals surface area contributed by atoms with E-state index in [4.69, 9.17) is 21.1 Å². The number of hydrogen-bond acceptors (Lipinski definition) is 6. The van der Waals surface area contributed by atoms with E-state index in [2.05, 4.69) is 5.32 Å². The number of nitrogens with one attached hydrogen (secondary N) is 1. The minimum Gasteiger partial charge on any atom is -0.488 e. The molecule has 0 aliphatic rings. The van der Waals surface area contributed by atoms with E-state index in [-0.39, 0.29) is 24.5 Å². The van der Waals surface area contributed by atoms with Gasteiger partial charge in [0.1, 0.15) is 23.7 Å². The van der Waals surface area contributed by atoms with Crippen LogP contribution in [0.4, 0.5) is 0 Å². The summed E-state index contributed by atoms with van der Waals surface area (Å²) in [6, 6.07) is 20.4. The quantitative estimate of drug-likeness (QED) is 0.274. The summed E-state index contributed by atoms with van der Waals surface area (Å²) in [6.07, 6.45) is 0. The summed E-state index contributed by atoms with van der Waals surface area (Å²) in [6.45, 7) is 6.46. The van der Waals surface area contributed by atoms with Crippen molar-refractivity contribution >= 4 is 23.4 Å². The monoisotopic (exact) mass is 508 g/mol. The molecule has 3 aromatic carbocycles. The molecule has 0 heterocycles. The number of para-hydroxylation sites is 1. The molecule has 0 saturated carbocycles. The number of carbonyl (C=O) groups excluding carboxylic acids is 2. The van der Waals surface area contributed by atoms with Crippen molar-refractivity contribution in [2.24, 2.45) is 0 Å². The van der Waals surface area contributed by atoms with E-state index in [9.17, 15) is 9.59 Å². The second-order valence-electron chi connectivity index (χ2n) is 9.19. The normalized spacial score (nSPS) is 11.4. The summed E-state index contributed by atoms with van der Waals surface area (Å²) in [5, 5.41) is 3.36. The number of hydrogen-bond donors (Lipinski definition) is 1. The van der Waals surface area contributed by atoms with Crippen LogP contribution in [-0.2, 0) is 17.9 Å². The predicted octanol–water partition coefficient (Wildman–Crippen LogP) is 5.45. The SMILES string of the molecule is CNCC(=O)C(C)(C)N(C)Cc1cc(OCc2ccccc2)c(C(=O)Oc2ccccc2)c(C)c1Cl. The lowest BCUT2D eigenvalue weighted by Gasteiger charge is -2.34. The van der Waals surface area contributed by atoms with E-state index in [1.165, 1.54) is 0 Å². The van der Waals surface area contributed by atoms with Crippen LogP contribution >= 0.6 is 11.6 Å². The van der Waals surface area contributed by atoms with Crippen LogP contribution in [-0.4, -0.2) is 42.8 Å². The average Bonchev–Trinajstić information content (AvgIpc) is 2.86. The van der Waals surface area contributed by atoms with Crippen LogP contribution in [0.1, 0.15) is 40.9 Å². The molecule has 0 spiro atoms. The molecule has 1 N–H and O–H groups in total. The van der Waals surface area contributed by atoms with Crippen LogP contribution in [0.25, 0.3) is 0 Å². The summed E-state index contributed by atoms with van der Waals surface area (Å²) in [4.78, 5) is 27.9. The van der Waals surface area contributed by atoms with Crippen LogP contribution in [0.5, 0.6) is 11.5 Å². The van der Waals surface area contributed by atoms with Crippen molar-refractivity contribution in [3.63, 3.8) is 0 Å². The van der Waals surface area contributed by atoms with E-state index in [1.54, 1.807) is 44.3 Å². The Bertz CT molecular complexity index is 1200. The maximum absolute atomic E-state index is 13.3. The third-order valence-corrected chi connectivity index (χ3v) is 6.84. The molecule has 0 aliphatic heterocycles. The molecule has 0 amide bonds. The topological polar surface area (TPSA) is 67.9 Å². The highest BCUT2D eigenvalue weighted by Gasteiger charge is 2.32. The zero-order valence-corrected chi connectivity index (χ0v) is 22.2. The second-order valence-corrected chi connectivity index (χ2v) is 9.57. The van der Waals surface area contributed by atoms with Gasteiger partial charge >= 0.3 is 5.97 Å². The molecule has 0 fully saturated rings. The zero-order valence-electron chi connectivity index (χ0n) is 21.4. The Labute approximate surface area is 218 Å². The predicted molar refractivity (Wildman–Crippen MR) is 143 cm³/mol. The van der Waals surface area contributed by atoms with Gasteiger partial charge in [-0.3, -0.25) is 9.69 Å². The van der Waals surface area contributed by atoms with Gasteiger partial charge in [-0.25, -0.2) is 4.79 Å². The fourth-order valence-electron chi connectivity index (χ4n) is 3.74. The number of ether oxygens (including phenoxy) is 2. The van der Waals surface area contributed by atoms with Crippen LogP contribution in [0, 0.1) is 6.92 Å².